The van der Waals surface area contributed by atoms with Crippen LogP contribution in [0.3, 0.4) is 0 Å². The molecule has 0 atom stereocenters. The van der Waals surface area contributed by atoms with Crippen LogP contribution in [0.5, 0.6) is 0 Å². The van der Waals surface area contributed by atoms with Crippen LogP contribution in [0.2, 0.25) is 0 Å². The maximum Gasteiger partial charge on any atom is 0.134 e. The number of hydrogen-bond acceptors (Lipinski definition) is 2. The van der Waals surface area contributed by atoms with Gasteiger partial charge in [0.25, 0.3) is 0 Å². The largest absolute Gasteiger partial charge is 0.467 e. The maximum absolute atomic E-state index is 13.9. The van der Waals surface area contributed by atoms with Gasteiger partial charge in [-0.15, -0.1) is 0 Å². The predicted molar refractivity (Wildman–Crippen MR) is 70.8 cm³/mol. The van der Waals surface area contributed by atoms with E-state index in [-0.39, 0.29) is 0 Å². The molecule has 0 aliphatic rings. The molecule has 0 unspecified atom stereocenters. The van der Waals surface area contributed by atoms with Crippen LogP contribution in [-0.4, -0.2) is 6.54 Å². The Labute approximate surface area is 111 Å². The van der Waals surface area contributed by atoms with E-state index in [1.54, 1.807) is 13.0 Å². The molecular formula is C15H17F2NO. The topological polar surface area (TPSA) is 25.2 Å². The molecule has 1 heterocycles. The highest BCUT2D eigenvalue weighted by atomic mass is 19.1. The van der Waals surface area contributed by atoms with Gasteiger partial charge in [-0.3, -0.25) is 0 Å². The molecule has 0 radical (unpaired) electrons. The Kier molecular flexibility index (Phi) is 4.32. The van der Waals surface area contributed by atoms with Gasteiger partial charge in [-0.1, -0.05) is 6.92 Å². The number of aryl methyl sites for hydroxylation is 1. The molecule has 0 fully saturated rings. The van der Waals surface area contributed by atoms with Gasteiger partial charge < -0.3 is 9.73 Å². The summed E-state index contributed by atoms with van der Waals surface area (Å²) in [6.45, 7) is 5.09. The van der Waals surface area contributed by atoms with Gasteiger partial charge in [-0.25, -0.2) is 8.78 Å². The van der Waals surface area contributed by atoms with Gasteiger partial charge in [0.1, 0.15) is 17.4 Å². The molecule has 0 spiro atoms. The third kappa shape index (κ3) is 3.01. The smallest absolute Gasteiger partial charge is 0.134 e. The lowest BCUT2D eigenvalue weighted by Gasteiger charge is -2.07. The maximum atomic E-state index is 13.9. The van der Waals surface area contributed by atoms with Crippen molar-refractivity contribution < 1.29 is 13.2 Å². The van der Waals surface area contributed by atoms with E-state index < -0.39 is 11.6 Å². The summed E-state index contributed by atoms with van der Waals surface area (Å²) in [6.07, 6.45) is 2.54. The van der Waals surface area contributed by atoms with Crippen molar-refractivity contribution in [1.82, 2.24) is 5.32 Å². The summed E-state index contributed by atoms with van der Waals surface area (Å²) >= 11 is 0. The minimum absolute atomic E-state index is 0.376. The minimum Gasteiger partial charge on any atom is -0.467 e. The van der Waals surface area contributed by atoms with E-state index in [0.29, 0.717) is 29.0 Å². The summed E-state index contributed by atoms with van der Waals surface area (Å²) in [5.41, 5.74) is 1.47. The van der Waals surface area contributed by atoms with Gasteiger partial charge >= 0.3 is 0 Å². The van der Waals surface area contributed by atoms with Crippen LogP contribution in [0.1, 0.15) is 24.7 Å². The lowest BCUT2D eigenvalue weighted by molar-refractivity contribution is 0.484. The fourth-order valence-corrected chi connectivity index (χ4v) is 1.96. The molecule has 0 aliphatic heterocycles. The van der Waals surface area contributed by atoms with Gasteiger partial charge in [-0.05, 0) is 37.6 Å². The molecule has 1 N–H and O–H groups in total. The van der Waals surface area contributed by atoms with Crippen LogP contribution >= 0.6 is 0 Å². The first-order chi connectivity index (χ1) is 9.13. The summed E-state index contributed by atoms with van der Waals surface area (Å²) < 4.78 is 32.5. The Bertz CT molecular complexity index is 563. The van der Waals surface area contributed by atoms with E-state index in [2.05, 4.69) is 12.2 Å². The van der Waals surface area contributed by atoms with Crippen LogP contribution < -0.4 is 5.32 Å². The van der Waals surface area contributed by atoms with Crippen LogP contribution in [0.4, 0.5) is 8.78 Å². The molecule has 2 nitrogen and oxygen atoms in total. The van der Waals surface area contributed by atoms with Crippen LogP contribution in [-0.2, 0) is 6.54 Å². The third-order valence-corrected chi connectivity index (χ3v) is 3.00. The molecule has 102 valence electrons. The third-order valence-electron chi connectivity index (χ3n) is 3.00. The standard InChI is InChI=1S/C15H17F2NO/c1-3-5-18-9-15-11(4-6-19-15)12-7-10(2)13(16)8-14(12)17/h4,6-8,18H,3,5,9H2,1-2H3. The first-order valence-corrected chi connectivity index (χ1v) is 6.36. The van der Waals surface area contributed by atoms with Crippen molar-refractivity contribution in [3.05, 3.63) is 47.4 Å². The van der Waals surface area contributed by atoms with E-state index in [4.69, 9.17) is 4.42 Å². The van der Waals surface area contributed by atoms with Crippen molar-refractivity contribution in [1.29, 1.82) is 0 Å². The van der Waals surface area contributed by atoms with Gasteiger partial charge in [0.2, 0.25) is 0 Å². The van der Waals surface area contributed by atoms with Gasteiger partial charge in [0, 0.05) is 17.2 Å². The number of halogens is 2. The van der Waals surface area contributed by atoms with Crippen LogP contribution in [0.15, 0.2) is 28.9 Å². The first-order valence-electron chi connectivity index (χ1n) is 6.36. The average Bonchev–Trinajstić information content (AvgIpc) is 2.82. The summed E-state index contributed by atoms with van der Waals surface area (Å²) in [5, 5.41) is 3.20. The van der Waals surface area contributed by atoms with Crippen LogP contribution in [0.25, 0.3) is 11.1 Å². The second-order valence-electron chi connectivity index (χ2n) is 4.52. The summed E-state index contributed by atoms with van der Waals surface area (Å²) in [4.78, 5) is 0. The van der Waals surface area contributed by atoms with Gasteiger partial charge in [-0.2, -0.15) is 0 Å². The normalized spacial score (nSPS) is 10.9. The molecule has 0 saturated carbocycles. The van der Waals surface area contributed by atoms with E-state index in [1.165, 1.54) is 12.3 Å². The fourth-order valence-electron chi connectivity index (χ4n) is 1.96. The molecule has 19 heavy (non-hydrogen) atoms. The molecule has 2 rings (SSSR count). The Morgan fingerprint density at radius 2 is 1.95 bits per heavy atom. The molecule has 4 heteroatoms. The second-order valence-corrected chi connectivity index (χ2v) is 4.52. The monoisotopic (exact) mass is 265 g/mol. The van der Waals surface area contributed by atoms with Crippen molar-refractivity contribution in [2.24, 2.45) is 0 Å². The number of nitrogens with one attached hydrogen (secondary N) is 1. The minimum atomic E-state index is -0.568. The number of hydrogen-bond donors (Lipinski definition) is 1. The van der Waals surface area contributed by atoms with E-state index in [1.807, 2.05) is 0 Å². The highest BCUT2D eigenvalue weighted by Crippen LogP contribution is 2.29. The Hall–Kier alpha value is -1.68. The zero-order chi connectivity index (χ0) is 13.8. The molecule has 0 amide bonds. The molecule has 1 aromatic heterocycles. The van der Waals surface area contributed by atoms with Gasteiger partial charge in [0.15, 0.2) is 0 Å². The van der Waals surface area contributed by atoms with Crippen molar-refractivity contribution in [2.75, 3.05) is 6.54 Å². The summed E-state index contributed by atoms with van der Waals surface area (Å²) in [5.74, 6) is -0.435. The molecule has 0 saturated heterocycles. The zero-order valence-corrected chi connectivity index (χ0v) is 11.1. The SMILES string of the molecule is CCCNCc1occc1-c1cc(C)c(F)cc1F. The highest BCUT2D eigenvalue weighted by Gasteiger charge is 2.14. The quantitative estimate of drug-likeness (QED) is 0.826. The molecule has 1 aromatic carbocycles. The lowest BCUT2D eigenvalue weighted by Crippen LogP contribution is -2.13. The summed E-state index contributed by atoms with van der Waals surface area (Å²) in [6, 6.07) is 4.14. The molecule has 2 aromatic rings. The Balaban J connectivity index is 2.32. The second kappa shape index (κ2) is 5.97. The van der Waals surface area contributed by atoms with Gasteiger partial charge in [0.05, 0.1) is 12.8 Å². The van der Waals surface area contributed by atoms with E-state index in [9.17, 15) is 8.78 Å². The summed E-state index contributed by atoms with van der Waals surface area (Å²) in [7, 11) is 0. The number of rotatable bonds is 5. The fraction of sp³-hybridized carbons (Fsp3) is 0.333. The predicted octanol–water partition coefficient (Wildman–Crippen LogP) is 4.03. The zero-order valence-electron chi connectivity index (χ0n) is 11.1. The molecule has 0 aliphatic carbocycles. The number of benzene rings is 1. The molecule has 0 bridgehead atoms. The average molecular weight is 265 g/mol. The number of furan rings is 1. The highest BCUT2D eigenvalue weighted by molar-refractivity contribution is 5.67. The Morgan fingerprint density at radius 3 is 2.68 bits per heavy atom. The Morgan fingerprint density at radius 1 is 1.16 bits per heavy atom. The lowest BCUT2D eigenvalue weighted by atomic mass is 10.0. The van der Waals surface area contributed by atoms with Crippen molar-refractivity contribution in [3.63, 3.8) is 0 Å². The van der Waals surface area contributed by atoms with Crippen molar-refractivity contribution >= 4 is 0 Å². The van der Waals surface area contributed by atoms with E-state index in [0.717, 1.165) is 19.0 Å². The van der Waals surface area contributed by atoms with E-state index >= 15 is 0 Å². The van der Waals surface area contributed by atoms with Crippen molar-refractivity contribution in [2.45, 2.75) is 26.8 Å². The van der Waals surface area contributed by atoms with Crippen molar-refractivity contribution in [3.8, 4) is 11.1 Å². The first kappa shape index (κ1) is 13.7. The molecular weight excluding hydrogens is 248 g/mol. The van der Waals surface area contributed by atoms with Crippen LogP contribution in [0, 0.1) is 18.6 Å².